The number of ether oxygens (including phenoxy) is 1. The van der Waals surface area contributed by atoms with Gasteiger partial charge in [-0.2, -0.15) is 0 Å². The highest BCUT2D eigenvalue weighted by molar-refractivity contribution is 5.95. The van der Waals surface area contributed by atoms with E-state index in [1.54, 1.807) is 17.8 Å². The van der Waals surface area contributed by atoms with Crippen LogP contribution in [0.1, 0.15) is 103 Å². The molecule has 0 bridgehead atoms. The van der Waals surface area contributed by atoms with Gasteiger partial charge in [-0.1, -0.05) is 52.8 Å². The summed E-state index contributed by atoms with van der Waals surface area (Å²) in [7, 11) is 0. The first-order chi connectivity index (χ1) is 19.4. The molecule has 3 fully saturated rings. The fourth-order valence-electron chi connectivity index (χ4n) is 10.8. The number of aromatic nitrogens is 2. The number of fused-ring (bicyclic) bond motifs is 6. The lowest BCUT2D eigenvalue weighted by molar-refractivity contribution is -0.135. The molecule has 6 nitrogen and oxygen atoms in total. The van der Waals surface area contributed by atoms with E-state index in [0.717, 1.165) is 49.7 Å². The van der Waals surface area contributed by atoms with Gasteiger partial charge in [0.1, 0.15) is 6.33 Å². The topological polar surface area (TPSA) is 64.4 Å². The molecule has 6 heteroatoms. The minimum Gasteiger partial charge on any atom is -0.378 e. The maximum absolute atomic E-state index is 13.0. The zero-order valence-corrected chi connectivity index (χ0v) is 26.3. The molecule has 0 aromatic carbocycles. The Labute approximate surface area is 247 Å². The summed E-state index contributed by atoms with van der Waals surface area (Å²) in [6.45, 7) is 20.7. The Bertz CT molecular complexity index is 1270. The first-order valence-electron chi connectivity index (χ1n) is 16.2. The summed E-state index contributed by atoms with van der Waals surface area (Å²) in [5.41, 5.74) is 4.42. The third-order valence-corrected chi connectivity index (χ3v) is 12.6. The summed E-state index contributed by atoms with van der Waals surface area (Å²) in [5.74, 6) is 3.62. The Morgan fingerprint density at radius 3 is 2.56 bits per heavy atom. The molecular formula is C35H51N3O3. The maximum atomic E-state index is 13.0. The van der Waals surface area contributed by atoms with E-state index in [9.17, 15) is 9.59 Å². The van der Waals surface area contributed by atoms with Gasteiger partial charge < -0.3 is 9.64 Å². The quantitative estimate of drug-likeness (QED) is 0.300. The Hall–Kier alpha value is -2.21. The van der Waals surface area contributed by atoms with Crippen molar-refractivity contribution >= 4 is 11.8 Å². The highest BCUT2D eigenvalue weighted by Crippen LogP contribution is 2.68. The molecule has 4 aliphatic carbocycles. The van der Waals surface area contributed by atoms with E-state index in [2.05, 4.69) is 47.3 Å². The van der Waals surface area contributed by atoms with Crippen molar-refractivity contribution < 1.29 is 14.3 Å². The number of carbonyl (C=O) groups excluding carboxylic acids is 2. The molecule has 0 unspecified atom stereocenters. The standard InChI is InChI=1S/C35H51N3O3/c1-22(2)32(40)38-21-36-28-20-35(7)27-14-15-34(6)25(23(3)8-13-30(39)37-16-18-41-19-17-37)10-11-26(34)24(27)9-12-29(35)33(4,5)31(28)38/h12,21,23-27H,1,8-11,13-20H2,2-7H3/t23-,24+,25-,26+,27+,34-,35-/m1/s1. The van der Waals surface area contributed by atoms with Gasteiger partial charge in [-0.05, 0) is 85.9 Å². The molecule has 0 spiro atoms. The van der Waals surface area contributed by atoms with E-state index in [1.165, 1.54) is 31.3 Å². The molecule has 6 rings (SSSR count). The van der Waals surface area contributed by atoms with Crippen molar-refractivity contribution in [2.45, 2.75) is 98.3 Å². The van der Waals surface area contributed by atoms with Crippen LogP contribution in [0.25, 0.3) is 0 Å². The first-order valence-corrected chi connectivity index (χ1v) is 16.2. The molecule has 2 saturated carbocycles. The number of imidazole rings is 1. The van der Waals surface area contributed by atoms with Gasteiger partial charge in [-0.3, -0.25) is 14.2 Å². The number of morpholine rings is 1. The fraction of sp³-hybridized carbons (Fsp3) is 0.743. The number of rotatable bonds is 5. The van der Waals surface area contributed by atoms with Crippen LogP contribution in [0.5, 0.6) is 0 Å². The van der Waals surface area contributed by atoms with Crippen molar-refractivity contribution in [3.63, 3.8) is 0 Å². The molecule has 1 aliphatic heterocycles. The fourth-order valence-corrected chi connectivity index (χ4v) is 10.8. The molecule has 5 aliphatic rings. The third kappa shape index (κ3) is 4.41. The molecular weight excluding hydrogens is 510 g/mol. The predicted octanol–water partition coefficient (Wildman–Crippen LogP) is 6.60. The third-order valence-electron chi connectivity index (χ3n) is 12.6. The van der Waals surface area contributed by atoms with Crippen molar-refractivity contribution in [3.05, 3.63) is 41.5 Å². The van der Waals surface area contributed by atoms with Crippen LogP contribution in [0.4, 0.5) is 0 Å². The second-order valence-corrected chi connectivity index (χ2v) is 15.2. The summed E-state index contributed by atoms with van der Waals surface area (Å²) in [4.78, 5) is 32.8. The average molecular weight is 562 g/mol. The van der Waals surface area contributed by atoms with Crippen molar-refractivity contribution in [3.8, 4) is 0 Å². The van der Waals surface area contributed by atoms with Crippen molar-refractivity contribution in [1.82, 2.24) is 14.5 Å². The lowest BCUT2D eigenvalue weighted by Crippen LogP contribution is -2.54. The van der Waals surface area contributed by atoms with E-state index < -0.39 is 0 Å². The molecule has 1 aromatic rings. The van der Waals surface area contributed by atoms with Gasteiger partial charge in [-0.25, -0.2) is 4.98 Å². The number of amides is 1. The zero-order chi connectivity index (χ0) is 29.3. The Kier molecular flexibility index (Phi) is 7.19. The first kappa shape index (κ1) is 28.9. The van der Waals surface area contributed by atoms with Gasteiger partial charge in [0.05, 0.1) is 24.6 Å². The highest BCUT2D eigenvalue weighted by atomic mass is 16.5. The highest BCUT2D eigenvalue weighted by Gasteiger charge is 2.61. The summed E-state index contributed by atoms with van der Waals surface area (Å²) in [6, 6.07) is 0. The van der Waals surface area contributed by atoms with Gasteiger partial charge in [0.25, 0.3) is 5.91 Å². The van der Waals surface area contributed by atoms with Gasteiger partial charge in [0, 0.05) is 36.9 Å². The van der Waals surface area contributed by atoms with Gasteiger partial charge in [0.15, 0.2) is 0 Å². The van der Waals surface area contributed by atoms with Crippen molar-refractivity contribution in [2.24, 2.45) is 40.4 Å². The number of allylic oxidation sites excluding steroid dienone is 3. The maximum Gasteiger partial charge on any atom is 0.258 e. The summed E-state index contributed by atoms with van der Waals surface area (Å²) < 4.78 is 7.21. The van der Waals surface area contributed by atoms with Crippen LogP contribution in [-0.2, 0) is 21.4 Å². The van der Waals surface area contributed by atoms with E-state index >= 15 is 0 Å². The normalized spacial score (nSPS) is 36.3. The minimum absolute atomic E-state index is 0.0455. The van der Waals surface area contributed by atoms with E-state index in [4.69, 9.17) is 9.72 Å². The van der Waals surface area contributed by atoms with E-state index in [-0.39, 0.29) is 16.7 Å². The Balaban J connectivity index is 1.21. The lowest BCUT2D eigenvalue weighted by atomic mass is 9.44. The summed E-state index contributed by atoms with van der Waals surface area (Å²) in [5, 5.41) is 0. The van der Waals surface area contributed by atoms with Gasteiger partial charge >= 0.3 is 0 Å². The monoisotopic (exact) mass is 561 g/mol. The van der Waals surface area contributed by atoms with Crippen LogP contribution in [0.15, 0.2) is 30.1 Å². The molecule has 224 valence electrons. The lowest BCUT2D eigenvalue weighted by Gasteiger charge is -2.60. The van der Waals surface area contributed by atoms with E-state index in [1.807, 2.05) is 4.90 Å². The zero-order valence-electron chi connectivity index (χ0n) is 26.3. The van der Waals surface area contributed by atoms with Gasteiger partial charge in [0.2, 0.25) is 5.91 Å². The number of carbonyl (C=O) groups is 2. The van der Waals surface area contributed by atoms with E-state index in [0.29, 0.717) is 60.2 Å². The van der Waals surface area contributed by atoms with Crippen LogP contribution in [0, 0.1) is 40.4 Å². The smallest absolute Gasteiger partial charge is 0.258 e. The predicted molar refractivity (Wildman–Crippen MR) is 162 cm³/mol. The molecule has 0 N–H and O–H groups in total. The van der Waals surface area contributed by atoms with Crippen molar-refractivity contribution in [2.75, 3.05) is 26.3 Å². The molecule has 1 saturated heterocycles. The number of hydrogen-bond acceptors (Lipinski definition) is 4. The second kappa shape index (κ2) is 10.2. The minimum atomic E-state index is -0.241. The molecule has 0 radical (unpaired) electrons. The Morgan fingerprint density at radius 2 is 1.85 bits per heavy atom. The SMILES string of the molecule is C=C(C)C(=O)n1cnc2c1C(C)(C)C1=CC[C@H]3[C@@H]4CC[C@H]([C@H](C)CCC(=O)N5CCOCC5)[C@@]4(C)CC[C@@H]3[C@@]1(C)C2. The molecule has 1 aromatic heterocycles. The summed E-state index contributed by atoms with van der Waals surface area (Å²) in [6.07, 6.45) is 13.2. The average Bonchev–Trinajstić information content (AvgIpc) is 3.52. The molecule has 1 amide bonds. The molecule has 2 heterocycles. The molecule has 41 heavy (non-hydrogen) atoms. The molecule has 7 atom stereocenters. The number of nitrogens with zero attached hydrogens (tertiary/aromatic N) is 3. The second-order valence-electron chi connectivity index (χ2n) is 15.2. The Morgan fingerprint density at radius 1 is 1.12 bits per heavy atom. The van der Waals surface area contributed by atoms with Crippen LogP contribution in [-0.4, -0.2) is 52.6 Å². The summed E-state index contributed by atoms with van der Waals surface area (Å²) >= 11 is 0. The largest absolute Gasteiger partial charge is 0.378 e. The van der Waals surface area contributed by atoms with Gasteiger partial charge in [-0.15, -0.1) is 0 Å². The van der Waals surface area contributed by atoms with Crippen molar-refractivity contribution in [1.29, 1.82) is 0 Å². The number of hydrogen-bond donors (Lipinski definition) is 0. The van der Waals surface area contributed by atoms with Crippen LogP contribution < -0.4 is 0 Å². The van der Waals surface area contributed by atoms with Crippen LogP contribution in [0.2, 0.25) is 0 Å². The van der Waals surface area contributed by atoms with Crippen LogP contribution >= 0.6 is 0 Å². The van der Waals surface area contributed by atoms with Crippen LogP contribution in [0.3, 0.4) is 0 Å².